The average molecular weight is 268 g/mol. The fraction of sp³-hybridized carbons (Fsp3) is 0.556. The van der Waals surface area contributed by atoms with Crippen molar-refractivity contribution >= 4 is 30.8 Å². The second kappa shape index (κ2) is 6.73. The van der Waals surface area contributed by atoms with Crippen LogP contribution < -0.4 is 5.32 Å². The maximum absolute atomic E-state index is 11.5. The van der Waals surface area contributed by atoms with E-state index in [1.54, 1.807) is 13.3 Å². The third-order valence-electron chi connectivity index (χ3n) is 2.24. The van der Waals surface area contributed by atoms with E-state index in [4.69, 9.17) is 4.74 Å². The van der Waals surface area contributed by atoms with Crippen LogP contribution in [0.2, 0.25) is 0 Å². The van der Waals surface area contributed by atoms with E-state index in [9.17, 15) is 4.79 Å². The van der Waals surface area contributed by atoms with Crippen molar-refractivity contribution in [2.45, 2.75) is 20.0 Å². The van der Waals surface area contributed by atoms with E-state index in [0.717, 1.165) is 18.8 Å². The molecule has 2 rings (SSSR count). The van der Waals surface area contributed by atoms with E-state index >= 15 is 0 Å². The first-order chi connectivity index (χ1) is 6.83. The van der Waals surface area contributed by atoms with Crippen LogP contribution in [-0.4, -0.2) is 28.7 Å². The predicted molar refractivity (Wildman–Crippen MR) is 64.4 cm³/mol. The molecule has 0 atom stereocenters. The largest absolute Gasteiger partial charge is 0.461 e. The molecule has 0 saturated heterocycles. The van der Waals surface area contributed by atoms with Crippen LogP contribution in [0.25, 0.3) is 0 Å². The minimum Gasteiger partial charge on any atom is -0.461 e. The summed E-state index contributed by atoms with van der Waals surface area (Å²) in [6.07, 6.45) is 1.70. The molecule has 0 spiro atoms. The van der Waals surface area contributed by atoms with Gasteiger partial charge in [-0.15, -0.1) is 24.8 Å². The molecule has 7 heteroatoms. The van der Waals surface area contributed by atoms with Crippen molar-refractivity contribution in [3.63, 3.8) is 0 Å². The van der Waals surface area contributed by atoms with Gasteiger partial charge in [0.1, 0.15) is 0 Å². The summed E-state index contributed by atoms with van der Waals surface area (Å²) in [5.74, 6) is -0.329. The molecule has 92 valence electrons. The maximum Gasteiger partial charge on any atom is 0.358 e. The third-order valence-corrected chi connectivity index (χ3v) is 2.24. The van der Waals surface area contributed by atoms with E-state index in [1.165, 1.54) is 0 Å². The van der Waals surface area contributed by atoms with Crippen LogP contribution in [0, 0.1) is 0 Å². The highest BCUT2D eigenvalue weighted by Crippen LogP contribution is 2.11. The summed E-state index contributed by atoms with van der Waals surface area (Å²) < 4.78 is 6.90. The minimum absolute atomic E-state index is 0. The standard InChI is InChI=1S/C9H13N3O2.2ClH/c1-2-14-9(13)8-7-5-10-3-4-12(7)6-11-8;;/h6,10H,2-5H2,1H3;2*1H. The minimum atomic E-state index is -0.329. The zero-order valence-electron chi connectivity index (χ0n) is 8.93. The zero-order valence-corrected chi connectivity index (χ0v) is 10.6. The fourth-order valence-corrected chi connectivity index (χ4v) is 1.56. The Kier molecular flexibility index (Phi) is 6.40. The number of nitrogens with zero attached hydrogens (tertiary/aromatic N) is 2. The van der Waals surface area contributed by atoms with Crippen LogP contribution in [0.4, 0.5) is 0 Å². The Labute approximate surface area is 106 Å². The third kappa shape index (κ3) is 2.87. The van der Waals surface area contributed by atoms with Crippen LogP contribution in [0.5, 0.6) is 0 Å². The molecule has 0 aliphatic carbocycles. The van der Waals surface area contributed by atoms with Crippen LogP contribution in [0.1, 0.15) is 23.1 Å². The lowest BCUT2D eigenvalue weighted by atomic mass is 10.3. The SMILES string of the molecule is CCOC(=O)c1ncn2c1CNCC2.Cl.Cl. The highest BCUT2D eigenvalue weighted by atomic mass is 35.5. The van der Waals surface area contributed by atoms with E-state index in [0.29, 0.717) is 18.8 Å². The van der Waals surface area contributed by atoms with E-state index in [-0.39, 0.29) is 30.8 Å². The first kappa shape index (κ1) is 15.2. The van der Waals surface area contributed by atoms with E-state index in [2.05, 4.69) is 10.3 Å². The summed E-state index contributed by atoms with van der Waals surface area (Å²) in [5.41, 5.74) is 1.37. The Hall–Kier alpha value is -0.780. The number of rotatable bonds is 2. The molecule has 0 fully saturated rings. The smallest absolute Gasteiger partial charge is 0.358 e. The van der Waals surface area contributed by atoms with Crippen molar-refractivity contribution in [2.75, 3.05) is 13.2 Å². The highest BCUT2D eigenvalue weighted by Gasteiger charge is 2.20. The number of nitrogens with one attached hydrogen (secondary N) is 1. The zero-order chi connectivity index (χ0) is 9.97. The molecule has 1 aliphatic rings. The van der Waals surface area contributed by atoms with Crippen LogP contribution in [-0.2, 0) is 17.8 Å². The van der Waals surface area contributed by atoms with Gasteiger partial charge in [-0.2, -0.15) is 0 Å². The molecule has 5 nitrogen and oxygen atoms in total. The molecule has 0 radical (unpaired) electrons. The van der Waals surface area contributed by atoms with Gasteiger partial charge in [0.25, 0.3) is 0 Å². The molecule has 1 aliphatic heterocycles. The van der Waals surface area contributed by atoms with Crippen molar-refractivity contribution in [3.05, 3.63) is 17.7 Å². The van der Waals surface area contributed by atoms with Gasteiger partial charge >= 0.3 is 5.97 Å². The quantitative estimate of drug-likeness (QED) is 0.813. The Morgan fingerprint density at radius 3 is 3.06 bits per heavy atom. The van der Waals surface area contributed by atoms with Crippen molar-refractivity contribution < 1.29 is 9.53 Å². The van der Waals surface area contributed by atoms with Gasteiger partial charge in [0.2, 0.25) is 0 Å². The van der Waals surface area contributed by atoms with Gasteiger partial charge in [0, 0.05) is 19.6 Å². The van der Waals surface area contributed by atoms with Gasteiger partial charge in [0.15, 0.2) is 5.69 Å². The summed E-state index contributed by atoms with van der Waals surface area (Å²) in [5, 5.41) is 3.20. The van der Waals surface area contributed by atoms with Crippen molar-refractivity contribution in [1.29, 1.82) is 0 Å². The Morgan fingerprint density at radius 1 is 1.62 bits per heavy atom. The first-order valence-electron chi connectivity index (χ1n) is 4.74. The monoisotopic (exact) mass is 267 g/mol. The number of imidazole rings is 1. The molecular weight excluding hydrogens is 253 g/mol. The van der Waals surface area contributed by atoms with Crippen molar-refractivity contribution in [2.24, 2.45) is 0 Å². The number of carbonyl (C=O) groups is 1. The molecule has 1 aromatic rings. The normalized spacial score (nSPS) is 13.1. The summed E-state index contributed by atoms with van der Waals surface area (Å²) in [4.78, 5) is 15.5. The molecule has 16 heavy (non-hydrogen) atoms. The predicted octanol–water partition coefficient (Wildman–Crippen LogP) is 1.01. The number of ether oxygens (including phenoxy) is 1. The lowest BCUT2D eigenvalue weighted by molar-refractivity contribution is 0.0518. The summed E-state index contributed by atoms with van der Waals surface area (Å²) in [6, 6.07) is 0. The second-order valence-electron chi connectivity index (χ2n) is 3.13. The van der Waals surface area contributed by atoms with Crippen LogP contribution in [0.3, 0.4) is 0 Å². The average Bonchev–Trinajstić information content (AvgIpc) is 2.61. The molecule has 1 N–H and O–H groups in total. The number of halogens is 2. The second-order valence-corrected chi connectivity index (χ2v) is 3.13. The highest BCUT2D eigenvalue weighted by molar-refractivity contribution is 5.88. The van der Waals surface area contributed by atoms with Gasteiger partial charge in [-0.05, 0) is 6.92 Å². The van der Waals surface area contributed by atoms with E-state index < -0.39 is 0 Å². The van der Waals surface area contributed by atoms with Gasteiger partial charge in [-0.25, -0.2) is 9.78 Å². The van der Waals surface area contributed by atoms with Crippen molar-refractivity contribution in [3.8, 4) is 0 Å². The number of esters is 1. The molecular formula is C9H15Cl2N3O2. The van der Waals surface area contributed by atoms with E-state index in [1.807, 2.05) is 4.57 Å². The topological polar surface area (TPSA) is 56.1 Å². The summed E-state index contributed by atoms with van der Waals surface area (Å²) >= 11 is 0. The van der Waals surface area contributed by atoms with Crippen LogP contribution in [0.15, 0.2) is 6.33 Å². The molecule has 1 aromatic heterocycles. The number of fused-ring (bicyclic) bond motifs is 1. The Morgan fingerprint density at radius 2 is 2.38 bits per heavy atom. The van der Waals surface area contributed by atoms with Gasteiger partial charge in [-0.3, -0.25) is 0 Å². The lowest BCUT2D eigenvalue weighted by Gasteiger charge is -2.15. The molecule has 0 amide bonds. The molecule has 2 heterocycles. The number of hydrogen-bond acceptors (Lipinski definition) is 4. The molecule has 0 saturated carbocycles. The lowest BCUT2D eigenvalue weighted by Crippen LogP contribution is -2.28. The molecule has 0 bridgehead atoms. The number of carbonyl (C=O) groups excluding carboxylic acids is 1. The fourth-order valence-electron chi connectivity index (χ4n) is 1.56. The van der Waals surface area contributed by atoms with Gasteiger partial charge < -0.3 is 14.6 Å². The van der Waals surface area contributed by atoms with Crippen molar-refractivity contribution in [1.82, 2.24) is 14.9 Å². The Balaban J connectivity index is 0.00000112. The Bertz CT molecular complexity index is 355. The van der Waals surface area contributed by atoms with Gasteiger partial charge in [-0.1, -0.05) is 0 Å². The number of aromatic nitrogens is 2. The number of hydrogen-bond donors (Lipinski definition) is 1. The first-order valence-corrected chi connectivity index (χ1v) is 4.74. The summed E-state index contributed by atoms with van der Waals surface area (Å²) in [6.45, 7) is 4.65. The van der Waals surface area contributed by atoms with Gasteiger partial charge in [0.05, 0.1) is 18.6 Å². The summed E-state index contributed by atoms with van der Waals surface area (Å²) in [7, 11) is 0. The molecule has 0 unspecified atom stereocenters. The molecule has 0 aromatic carbocycles. The van der Waals surface area contributed by atoms with Crippen LogP contribution >= 0.6 is 24.8 Å². The maximum atomic E-state index is 11.5.